The predicted octanol–water partition coefficient (Wildman–Crippen LogP) is 0.374. The van der Waals surface area contributed by atoms with Gasteiger partial charge in [0.15, 0.2) is 0 Å². The molecule has 0 aromatic rings. The third kappa shape index (κ3) is 5.80. The zero-order valence-electron chi connectivity index (χ0n) is 11.5. The Bertz CT molecular complexity index is 240. The molecule has 1 aliphatic heterocycles. The van der Waals surface area contributed by atoms with Gasteiger partial charge in [0.05, 0.1) is 6.10 Å². The number of ether oxygens (including phenoxy) is 1. The van der Waals surface area contributed by atoms with Crippen molar-refractivity contribution >= 4 is 5.91 Å². The molecule has 0 radical (unpaired) electrons. The minimum atomic E-state index is -0.361. The lowest BCUT2D eigenvalue weighted by Crippen LogP contribution is -2.39. The van der Waals surface area contributed by atoms with Crippen LogP contribution >= 0.6 is 0 Å². The van der Waals surface area contributed by atoms with Crippen LogP contribution in [-0.4, -0.2) is 60.9 Å². The summed E-state index contributed by atoms with van der Waals surface area (Å²) in [6.45, 7) is 7.81. The highest BCUT2D eigenvalue weighted by Gasteiger charge is 2.16. The van der Waals surface area contributed by atoms with Gasteiger partial charge in [-0.15, -0.1) is 0 Å². The van der Waals surface area contributed by atoms with Crippen LogP contribution in [0.5, 0.6) is 0 Å². The molecule has 0 bridgehead atoms. The van der Waals surface area contributed by atoms with Gasteiger partial charge in [-0.2, -0.15) is 0 Å². The zero-order valence-corrected chi connectivity index (χ0v) is 11.5. The number of piperidine rings is 1. The quantitative estimate of drug-likeness (QED) is 0.648. The number of likely N-dealkylation sites (tertiary alicyclic amines) is 1. The van der Waals surface area contributed by atoms with E-state index in [-0.39, 0.29) is 18.1 Å². The Morgan fingerprint density at radius 3 is 2.78 bits per heavy atom. The van der Waals surface area contributed by atoms with Crippen molar-refractivity contribution in [3.05, 3.63) is 0 Å². The number of amides is 1. The van der Waals surface area contributed by atoms with E-state index in [2.05, 4.69) is 10.2 Å². The predicted molar refractivity (Wildman–Crippen MR) is 70.4 cm³/mol. The molecule has 1 amide bonds. The molecular formula is C13H26N2O3. The number of hydrogen-bond acceptors (Lipinski definition) is 4. The van der Waals surface area contributed by atoms with E-state index in [0.29, 0.717) is 13.2 Å². The van der Waals surface area contributed by atoms with Gasteiger partial charge in [-0.25, -0.2) is 0 Å². The lowest BCUT2D eigenvalue weighted by atomic mass is 10.1. The van der Waals surface area contributed by atoms with E-state index in [0.717, 1.165) is 38.9 Å². The molecule has 1 aliphatic rings. The molecule has 0 spiro atoms. The summed E-state index contributed by atoms with van der Waals surface area (Å²) in [6, 6.07) is 0. The summed E-state index contributed by atoms with van der Waals surface area (Å²) in [5.41, 5.74) is 0. The van der Waals surface area contributed by atoms with Crippen LogP contribution in [0.25, 0.3) is 0 Å². The highest BCUT2D eigenvalue weighted by atomic mass is 16.5. The van der Waals surface area contributed by atoms with Crippen molar-refractivity contribution in [1.29, 1.82) is 0 Å². The van der Waals surface area contributed by atoms with Gasteiger partial charge in [0.2, 0.25) is 5.91 Å². The molecule has 1 atom stereocenters. The van der Waals surface area contributed by atoms with Gasteiger partial charge in [0, 0.05) is 26.2 Å². The van der Waals surface area contributed by atoms with Crippen LogP contribution in [0, 0.1) is 0 Å². The van der Waals surface area contributed by atoms with Gasteiger partial charge in [-0.3, -0.25) is 4.79 Å². The fourth-order valence-electron chi connectivity index (χ4n) is 2.13. The Hall–Kier alpha value is -0.650. The molecule has 1 heterocycles. The monoisotopic (exact) mass is 258 g/mol. The molecule has 0 aliphatic carbocycles. The molecule has 0 saturated carbocycles. The fraction of sp³-hybridized carbons (Fsp3) is 0.923. The van der Waals surface area contributed by atoms with Gasteiger partial charge in [0.1, 0.15) is 6.10 Å². The van der Waals surface area contributed by atoms with Gasteiger partial charge < -0.3 is 20.1 Å². The van der Waals surface area contributed by atoms with Crippen LogP contribution in [0.3, 0.4) is 0 Å². The molecule has 5 heteroatoms. The van der Waals surface area contributed by atoms with Crippen molar-refractivity contribution in [3.8, 4) is 0 Å². The van der Waals surface area contributed by atoms with Crippen molar-refractivity contribution in [3.63, 3.8) is 0 Å². The number of hydrogen-bond donors (Lipinski definition) is 2. The molecule has 1 fully saturated rings. The fourth-order valence-corrected chi connectivity index (χ4v) is 2.13. The summed E-state index contributed by atoms with van der Waals surface area (Å²) in [5, 5.41) is 12.3. The molecule has 1 unspecified atom stereocenters. The molecule has 18 heavy (non-hydrogen) atoms. The second-order valence-electron chi connectivity index (χ2n) is 4.81. The molecule has 0 aromatic heterocycles. The van der Waals surface area contributed by atoms with E-state index in [1.54, 1.807) is 6.92 Å². The normalized spacial score (nSPS) is 19.7. The van der Waals surface area contributed by atoms with Gasteiger partial charge >= 0.3 is 0 Å². The Kier molecular flexibility index (Phi) is 7.23. The average Bonchev–Trinajstić information content (AvgIpc) is 2.36. The van der Waals surface area contributed by atoms with Crippen LogP contribution in [0.1, 0.15) is 33.1 Å². The first-order valence-electron chi connectivity index (χ1n) is 6.93. The van der Waals surface area contributed by atoms with E-state index >= 15 is 0 Å². The van der Waals surface area contributed by atoms with Crippen LogP contribution < -0.4 is 5.32 Å². The second kappa shape index (κ2) is 8.45. The third-order valence-electron chi connectivity index (χ3n) is 3.29. The molecule has 2 N–H and O–H groups in total. The number of carbonyl (C=O) groups excluding carboxylic acids is 1. The average molecular weight is 258 g/mol. The topological polar surface area (TPSA) is 61.8 Å². The molecular weight excluding hydrogens is 232 g/mol. The lowest BCUT2D eigenvalue weighted by Gasteiger charge is -2.29. The van der Waals surface area contributed by atoms with Gasteiger partial charge in [0.25, 0.3) is 0 Å². The maximum atomic E-state index is 11.5. The van der Waals surface area contributed by atoms with Crippen molar-refractivity contribution in [1.82, 2.24) is 10.2 Å². The minimum Gasteiger partial charge on any atom is -0.393 e. The first-order valence-corrected chi connectivity index (χ1v) is 6.93. The highest BCUT2D eigenvalue weighted by Crippen LogP contribution is 2.09. The van der Waals surface area contributed by atoms with E-state index in [1.807, 2.05) is 6.92 Å². The maximum absolute atomic E-state index is 11.5. The summed E-state index contributed by atoms with van der Waals surface area (Å²) < 4.78 is 5.21. The van der Waals surface area contributed by atoms with E-state index in [9.17, 15) is 9.90 Å². The first-order chi connectivity index (χ1) is 8.63. The summed E-state index contributed by atoms with van der Waals surface area (Å²) in [5.74, 6) is -0.0362. The Morgan fingerprint density at radius 1 is 1.50 bits per heavy atom. The van der Waals surface area contributed by atoms with Crippen molar-refractivity contribution in [2.45, 2.75) is 45.3 Å². The van der Waals surface area contributed by atoms with E-state index < -0.39 is 0 Å². The maximum Gasteiger partial charge on any atom is 0.248 e. The van der Waals surface area contributed by atoms with Crippen LogP contribution in [-0.2, 0) is 9.53 Å². The lowest BCUT2D eigenvalue weighted by molar-refractivity contribution is -0.131. The molecule has 1 saturated heterocycles. The highest BCUT2D eigenvalue weighted by molar-refractivity contribution is 5.80. The SMILES string of the molecule is CCOC(C)C(=O)NCCCN1CCC(O)CC1. The third-order valence-corrected chi connectivity index (χ3v) is 3.29. The zero-order chi connectivity index (χ0) is 13.4. The summed E-state index contributed by atoms with van der Waals surface area (Å²) in [6.07, 6.45) is 2.20. The van der Waals surface area contributed by atoms with Gasteiger partial charge in [-0.1, -0.05) is 0 Å². The first kappa shape index (κ1) is 15.4. The Balaban J connectivity index is 2.02. The van der Waals surface area contributed by atoms with E-state index in [4.69, 9.17) is 4.74 Å². The number of aliphatic hydroxyl groups excluding tert-OH is 1. The number of aliphatic hydroxyl groups is 1. The van der Waals surface area contributed by atoms with Gasteiger partial charge in [-0.05, 0) is 39.7 Å². The van der Waals surface area contributed by atoms with Crippen molar-refractivity contribution in [2.24, 2.45) is 0 Å². The van der Waals surface area contributed by atoms with Crippen molar-refractivity contribution in [2.75, 3.05) is 32.8 Å². The number of carbonyl (C=O) groups is 1. The number of nitrogens with one attached hydrogen (secondary N) is 1. The largest absolute Gasteiger partial charge is 0.393 e. The van der Waals surface area contributed by atoms with E-state index in [1.165, 1.54) is 0 Å². The molecule has 106 valence electrons. The second-order valence-corrected chi connectivity index (χ2v) is 4.81. The summed E-state index contributed by atoms with van der Waals surface area (Å²) in [4.78, 5) is 13.9. The Labute approximate surface area is 109 Å². The molecule has 0 aromatic carbocycles. The minimum absolute atomic E-state index is 0.0362. The standard InChI is InChI=1S/C13H26N2O3/c1-3-18-11(2)13(17)14-7-4-8-15-9-5-12(16)6-10-15/h11-12,16H,3-10H2,1-2H3,(H,14,17). The number of rotatable bonds is 7. The number of nitrogens with zero attached hydrogens (tertiary/aromatic N) is 1. The molecule has 5 nitrogen and oxygen atoms in total. The summed E-state index contributed by atoms with van der Waals surface area (Å²) >= 11 is 0. The van der Waals surface area contributed by atoms with Crippen LogP contribution in [0.4, 0.5) is 0 Å². The van der Waals surface area contributed by atoms with Crippen molar-refractivity contribution < 1.29 is 14.6 Å². The summed E-state index contributed by atoms with van der Waals surface area (Å²) in [7, 11) is 0. The van der Waals surface area contributed by atoms with Crippen LogP contribution in [0.15, 0.2) is 0 Å². The van der Waals surface area contributed by atoms with Crippen LogP contribution in [0.2, 0.25) is 0 Å². The Morgan fingerprint density at radius 2 is 2.17 bits per heavy atom. The smallest absolute Gasteiger partial charge is 0.248 e. The molecule has 1 rings (SSSR count).